The van der Waals surface area contributed by atoms with E-state index in [0.29, 0.717) is 14.2 Å². The Kier molecular flexibility index (Phi) is 4.94. The van der Waals surface area contributed by atoms with Crippen LogP contribution in [0.3, 0.4) is 0 Å². The molecule has 0 saturated carbocycles. The molecule has 0 N–H and O–H groups in total. The normalized spacial score (nSPS) is 16.1. The third kappa shape index (κ3) is 3.48. The molecule has 2 aromatic carbocycles. The first-order valence-corrected chi connectivity index (χ1v) is 8.87. The highest BCUT2D eigenvalue weighted by atomic mass is 35.5. The van der Waals surface area contributed by atoms with E-state index in [0.717, 1.165) is 16.9 Å². The van der Waals surface area contributed by atoms with Gasteiger partial charge < -0.3 is 4.90 Å². The predicted molar refractivity (Wildman–Crippen MR) is 108 cm³/mol. The van der Waals surface area contributed by atoms with Crippen LogP contribution in [-0.4, -0.2) is 24.3 Å². The second kappa shape index (κ2) is 6.97. The molecule has 0 radical (unpaired) electrons. The van der Waals surface area contributed by atoms with Gasteiger partial charge in [-0.05, 0) is 48.0 Å². The highest BCUT2D eigenvalue weighted by Crippen LogP contribution is 2.36. The Hall–Kier alpha value is -1.82. The van der Waals surface area contributed by atoms with Crippen molar-refractivity contribution in [1.82, 2.24) is 0 Å². The largest absolute Gasteiger partial charge is 0.378 e. The molecule has 1 aliphatic rings. The van der Waals surface area contributed by atoms with E-state index in [4.69, 9.17) is 23.8 Å². The average molecular weight is 375 g/mol. The minimum absolute atomic E-state index is 0.109. The number of anilines is 2. The van der Waals surface area contributed by atoms with Gasteiger partial charge in [-0.2, -0.15) is 0 Å². The van der Waals surface area contributed by atoms with E-state index in [-0.39, 0.29) is 5.91 Å². The SMILES string of the molecule is CN(C)c1ccc(N2C(=O)/C(=C\c3cccc(Cl)c3)SC2=S)cc1. The molecule has 3 rings (SSSR count). The van der Waals surface area contributed by atoms with Gasteiger partial charge in [0.2, 0.25) is 0 Å². The van der Waals surface area contributed by atoms with Crippen LogP contribution in [-0.2, 0) is 4.79 Å². The number of hydrogen-bond donors (Lipinski definition) is 0. The zero-order valence-electron chi connectivity index (χ0n) is 13.2. The van der Waals surface area contributed by atoms with Gasteiger partial charge in [0, 0.05) is 24.8 Å². The number of carbonyl (C=O) groups excluding carboxylic acids is 1. The topological polar surface area (TPSA) is 23.6 Å². The van der Waals surface area contributed by atoms with Crippen molar-refractivity contribution in [1.29, 1.82) is 0 Å². The van der Waals surface area contributed by atoms with E-state index in [1.807, 2.05) is 67.5 Å². The monoisotopic (exact) mass is 374 g/mol. The molecule has 0 atom stereocenters. The Labute approximate surface area is 155 Å². The van der Waals surface area contributed by atoms with Crippen LogP contribution in [0.25, 0.3) is 6.08 Å². The molecule has 1 aliphatic heterocycles. The molecule has 6 heteroatoms. The van der Waals surface area contributed by atoms with E-state index in [2.05, 4.69) is 0 Å². The molecule has 0 unspecified atom stereocenters. The highest BCUT2D eigenvalue weighted by Gasteiger charge is 2.33. The molecule has 1 heterocycles. The van der Waals surface area contributed by atoms with Gasteiger partial charge in [-0.1, -0.05) is 47.7 Å². The van der Waals surface area contributed by atoms with Gasteiger partial charge in [0.1, 0.15) is 0 Å². The van der Waals surface area contributed by atoms with Crippen LogP contribution in [0.5, 0.6) is 0 Å². The van der Waals surface area contributed by atoms with E-state index in [1.54, 1.807) is 11.0 Å². The number of rotatable bonds is 3. The molecule has 1 amide bonds. The molecule has 24 heavy (non-hydrogen) atoms. The molecule has 0 aliphatic carbocycles. The molecule has 2 aromatic rings. The van der Waals surface area contributed by atoms with E-state index >= 15 is 0 Å². The van der Waals surface area contributed by atoms with Crippen molar-refractivity contribution in [2.24, 2.45) is 0 Å². The molecular weight excluding hydrogens is 360 g/mol. The maximum absolute atomic E-state index is 12.7. The predicted octanol–water partition coefficient (Wildman–Crippen LogP) is 4.81. The van der Waals surface area contributed by atoms with Crippen LogP contribution >= 0.6 is 35.6 Å². The molecule has 0 aromatic heterocycles. The van der Waals surface area contributed by atoms with E-state index < -0.39 is 0 Å². The maximum atomic E-state index is 12.7. The summed E-state index contributed by atoms with van der Waals surface area (Å²) in [6.07, 6.45) is 1.82. The first-order valence-electron chi connectivity index (χ1n) is 7.26. The fraction of sp³-hybridized carbons (Fsp3) is 0.111. The third-order valence-electron chi connectivity index (χ3n) is 3.56. The van der Waals surface area contributed by atoms with Crippen LogP contribution in [0.2, 0.25) is 5.02 Å². The van der Waals surface area contributed by atoms with Gasteiger partial charge >= 0.3 is 0 Å². The molecule has 3 nitrogen and oxygen atoms in total. The van der Waals surface area contributed by atoms with Crippen molar-refractivity contribution >= 4 is 63.3 Å². The average Bonchev–Trinajstić information content (AvgIpc) is 2.81. The summed E-state index contributed by atoms with van der Waals surface area (Å²) in [4.78, 5) is 16.9. The number of hydrogen-bond acceptors (Lipinski definition) is 4. The lowest BCUT2D eigenvalue weighted by Gasteiger charge is -2.17. The van der Waals surface area contributed by atoms with Crippen molar-refractivity contribution in [2.75, 3.05) is 23.9 Å². The van der Waals surface area contributed by atoms with Crippen LogP contribution in [0, 0.1) is 0 Å². The summed E-state index contributed by atoms with van der Waals surface area (Å²) < 4.78 is 0.533. The minimum atomic E-state index is -0.109. The van der Waals surface area contributed by atoms with Crippen LogP contribution in [0.1, 0.15) is 5.56 Å². The van der Waals surface area contributed by atoms with Gasteiger partial charge in [-0.25, -0.2) is 0 Å². The fourth-order valence-electron chi connectivity index (χ4n) is 2.34. The first kappa shape index (κ1) is 17.0. The Morgan fingerprint density at radius 2 is 1.88 bits per heavy atom. The smallest absolute Gasteiger partial charge is 0.270 e. The standard InChI is InChI=1S/C18H15ClN2OS2/c1-20(2)14-6-8-15(9-7-14)21-17(22)16(24-18(21)23)11-12-4-3-5-13(19)10-12/h3-11H,1-2H3/b16-11+. The van der Waals surface area contributed by atoms with Crippen molar-refractivity contribution < 1.29 is 4.79 Å². The van der Waals surface area contributed by atoms with E-state index in [1.165, 1.54) is 11.8 Å². The number of carbonyl (C=O) groups is 1. The molecule has 1 saturated heterocycles. The lowest BCUT2D eigenvalue weighted by molar-refractivity contribution is -0.113. The summed E-state index contributed by atoms with van der Waals surface area (Å²) in [5.74, 6) is -0.109. The highest BCUT2D eigenvalue weighted by molar-refractivity contribution is 8.27. The second-order valence-electron chi connectivity index (χ2n) is 5.48. The lowest BCUT2D eigenvalue weighted by Crippen LogP contribution is -2.27. The van der Waals surface area contributed by atoms with Crippen LogP contribution in [0.4, 0.5) is 11.4 Å². The van der Waals surface area contributed by atoms with Crippen LogP contribution < -0.4 is 9.80 Å². The maximum Gasteiger partial charge on any atom is 0.270 e. The molecular formula is C18H15ClN2OS2. The molecule has 0 bridgehead atoms. The van der Waals surface area contributed by atoms with Gasteiger partial charge in [0.25, 0.3) is 5.91 Å². The quantitative estimate of drug-likeness (QED) is 0.568. The summed E-state index contributed by atoms with van der Waals surface area (Å²) in [7, 11) is 3.95. The Morgan fingerprint density at radius 1 is 1.17 bits per heavy atom. The zero-order chi connectivity index (χ0) is 17.3. The minimum Gasteiger partial charge on any atom is -0.378 e. The van der Waals surface area contributed by atoms with E-state index in [9.17, 15) is 4.79 Å². The van der Waals surface area contributed by atoms with Gasteiger partial charge in [0.05, 0.1) is 10.6 Å². The number of amides is 1. The first-order chi connectivity index (χ1) is 11.5. The third-order valence-corrected chi connectivity index (χ3v) is 5.10. The zero-order valence-corrected chi connectivity index (χ0v) is 15.6. The molecule has 122 valence electrons. The van der Waals surface area contributed by atoms with Crippen molar-refractivity contribution in [3.8, 4) is 0 Å². The number of benzene rings is 2. The molecule has 1 fully saturated rings. The van der Waals surface area contributed by atoms with Gasteiger partial charge in [-0.15, -0.1) is 0 Å². The Balaban J connectivity index is 1.89. The lowest BCUT2D eigenvalue weighted by atomic mass is 10.2. The summed E-state index contributed by atoms with van der Waals surface area (Å²) >= 11 is 12.7. The number of halogens is 1. The second-order valence-corrected chi connectivity index (χ2v) is 7.60. The summed E-state index contributed by atoms with van der Waals surface area (Å²) in [6, 6.07) is 15.1. The van der Waals surface area contributed by atoms with Crippen LogP contribution in [0.15, 0.2) is 53.4 Å². The summed E-state index contributed by atoms with van der Waals surface area (Å²) in [5, 5.41) is 0.638. The van der Waals surface area contributed by atoms with Crippen molar-refractivity contribution in [3.63, 3.8) is 0 Å². The summed E-state index contributed by atoms with van der Waals surface area (Å²) in [5.41, 5.74) is 2.72. The fourth-order valence-corrected chi connectivity index (χ4v) is 3.84. The van der Waals surface area contributed by atoms with Gasteiger partial charge in [-0.3, -0.25) is 9.69 Å². The van der Waals surface area contributed by atoms with Crippen molar-refractivity contribution in [2.45, 2.75) is 0 Å². The summed E-state index contributed by atoms with van der Waals surface area (Å²) in [6.45, 7) is 0. The number of thiocarbonyl (C=S) groups is 1. The Bertz CT molecular complexity index is 831. The van der Waals surface area contributed by atoms with Gasteiger partial charge in [0.15, 0.2) is 4.32 Å². The van der Waals surface area contributed by atoms with Crippen molar-refractivity contribution in [3.05, 3.63) is 64.0 Å². The molecule has 0 spiro atoms. The Morgan fingerprint density at radius 3 is 2.50 bits per heavy atom. The number of thioether (sulfide) groups is 1. The number of nitrogens with zero attached hydrogens (tertiary/aromatic N) is 2.